The standard InChI is InChI=1S/C44H52F4N4O9S/c1-3-14-51(15-4-2)44(55)33-22-32-10-9-31(24-38(32)50-39(49)25-33)30-6-5-7-35(23-30)62(56,57)52-27-29(28-52)8-11-34(53)12-16-58-18-20-60-21-19-59-17-13-40(54)61-43-41(47)36(45)26-37(46)42(43)48/h5-7,9-10,22-24,26,29H,3-4,8,11-21,25,27-28H2,1-2H3,(H2,49,50). The van der Waals surface area contributed by atoms with Gasteiger partial charge in [-0.25, -0.2) is 22.2 Å². The molecule has 0 saturated carbocycles. The van der Waals surface area contributed by atoms with Crippen molar-refractivity contribution >= 4 is 45.3 Å². The van der Waals surface area contributed by atoms with Gasteiger partial charge in [-0.15, -0.1) is 0 Å². The van der Waals surface area contributed by atoms with Crippen molar-refractivity contribution in [1.29, 1.82) is 0 Å². The molecule has 1 saturated heterocycles. The second-order valence-electron chi connectivity index (χ2n) is 14.9. The van der Waals surface area contributed by atoms with Gasteiger partial charge in [0.15, 0.2) is 11.6 Å². The molecule has 5 rings (SSSR count). The van der Waals surface area contributed by atoms with Crippen molar-refractivity contribution in [2.75, 3.05) is 65.8 Å². The lowest BCUT2D eigenvalue weighted by Gasteiger charge is -2.38. The first-order valence-electron chi connectivity index (χ1n) is 20.6. The number of nitrogens with zero attached hydrogens (tertiary/aromatic N) is 3. The highest BCUT2D eigenvalue weighted by Crippen LogP contribution is 2.35. The van der Waals surface area contributed by atoms with E-state index in [1.807, 2.05) is 49.1 Å². The minimum atomic E-state index is -3.78. The Balaban J connectivity index is 0.967. The van der Waals surface area contributed by atoms with Crippen LogP contribution in [-0.2, 0) is 38.6 Å². The third-order valence-electron chi connectivity index (χ3n) is 10.1. The Morgan fingerprint density at radius 1 is 0.806 bits per heavy atom. The summed E-state index contributed by atoms with van der Waals surface area (Å²) in [5.41, 5.74) is 9.65. The predicted molar refractivity (Wildman–Crippen MR) is 223 cm³/mol. The maximum Gasteiger partial charge on any atom is 0.313 e. The Morgan fingerprint density at radius 3 is 2.06 bits per heavy atom. The summed E-state index contributed by atoms with van der Waals surface area (Å²) in [5, 5.41) is 0. The van der Waals surface area contributed by atoms with Gasteiger partial charge in [-0.2, -0.15) is 13.1 Å². The molecular weight excluding hydrogens is 837 g/mol. The molecule has 18 heteroatoms. The van der Waals surface area contributed by atoms with Gasteiger partial charge < -0.3 is 29.6 Å². The summed E-state index contributed by atoms with van der Waals surface area (Å²) in [7, 11) is -3.78. The van der Waals surface area contributed by atoms with E-state index in [0.717, 1.165) is 24.0 Å². The number of hydrogen-bond acceptors (Lipinski definition) is 11. The van der Waals surface area contributed by atoms with Gasteiger partial charge in [0.25, 0.3) is 0 Å². The molecule has 2 aliphatic heterocycles. The van der Waals surface area contributed by atoms with Crippen LogP contribution in [-0.4, -0.2) is 107 Å². The van der Waals surface area contributed by atoms with Gasteiger partial charge in [0.1, 0.15) is 11.6 Å². The van der Waals surface area contributed by atoms with E-state index in [0.29, 0.717) is 61.7 Å². The molecule has 0 aliphatic carbocycles. The Labute approximate surface area is 358 Å². The molecule has 0 aromatic heterocycles. The van der Waals surface area contributed by atoms with Gasteiger partial charge in [-0.3, -0.25) is 14.4 Å². The van der Waals surface area contributed by atoms with Gasteiger partial charge in [-0.1, -0.05) is 38.1 Å². The number of hydrogen-bond donors (Lipinski definition) is 1. The molecule has 0 spiro atoms. The highest BCUT2D eigenvalue weighted by molar-refractivity contribution is 7.89. The van der Waals surface area contributed by atoms with E-state index in [1.54, 1.807) is 18.2 Å². The molecule has 3 aromatic rings. The van der Waals surface area contributed by atoms with Crippen LogP contribution in [0.3, 0.4) is 0 Å². The lowest BCUT2D eigenvalue weighted by molar-refractivity contribution is -0.136. The number of carbonyl (C=O) groups is 3. The van der Waals surface area contributed by atoms with E-state index in [4.69, 9.17) is 19.9 Å². The first kappa shape index (κ1) is 48.0. The number of rotatable bonds is 24. The number of esters is 1. The number of benzene rings is 3. The van der Waals surface area contributed by atoms with Crippen LogP contribution in [0, 0.1) is 29.2 Å². The zero-order valence-corrected chi connectivity index (χ0v) is 35.6. The number of ether oxygens (including phenoxy) is 4. The molecule has 13 nitrogen and oxygen atoms in total. The monoisotopic (exact) mass is 888 g/mol. The van der Waals surface area contributed by atoms with Crippen molar-refractivity contribution in [3.8, 4) is 16.9 Å². The lowest BCUT2D eigenvalue weighted by Crippen LogP contribution is -2.49. The first-order valence-corrected chi connectivity index (χ1v) is 22.0. The predicted octanol–water partition coefficient (Wildman–Crippen LogP) is 6.74. The molecule has 0 bridgehead atoms. The normalized spacial score (nSPS) is 14.4. The number of amides is 1. The smallest absolute Gasteiger partial charge is 0.313 e. The van der Waals surface area contributed by atoms with Crippen LogP contribution >= 0.6 is 0 Å². The fourth-order valence-corrected chi connectivity index (χ4v) is 8.47. The van der Waals surface area contributed by atoms with Crippen LogP contribution in [0.15, 0.2) is 64.0 Å². The number of Topliss-reactive ketones (excluding diaryl/α,β-unsaturated/α-hetero) is 1. The van der Waals surface area contributed by atoms with Gasteiger partial charge in [0.05, 0.1) is 56.6 Å². The third-order valence-corrected chi connectivity index (χ3v) is 11.9. The summed E-state index contributed by atoms with van der Waals surface area (Å²) in [4.78, 5) is 44.2. The highest BCUT2D eigenvalue weighted by atomic mass is 32.2. The van der Waals surface area contributed by atoms with Crippen molar-refractivity contribution in [3.05, 3.63) is 82.9 Å². The molecule has 1 amide bonds. The Morgan fingerprint density at radius 2 is 1.42 bits per heavy atom. The summed E-state index contributed by atoms with van der Waals surface area (Å²) < 4.78 is 103. The Kier molecular flexibility index (Phi) is 17.7. The number of carbonyl (C=O) groups excluding carboxylic acids is 3. The van der Waals surface area contributed by atoms with E-state index in [9.17, 15) is 40.4 Å². The Bertz CT molecular complexity index is 2220. The largest absolute Gasteiger partial charge is 0.420 e. The van der Waals surface area contributed by atoms with E-state index < -0.39 is 51.4 Å². The molecule has 1 fully saturated rings. The minimum Gasteiger partial charge on any atom is -0.420 e. The van der Waals surface area contributed by atoms with E-state index >= 15 is 0 Å². The van der Waals surface area contributed by atoms with Crippen molar-refractivity contribution in [1.82, 2.24) is 9.21 Å². The highest BCUT2D eigenvalue weighted by Gasteiger charge is 2.36. The van der Waals surface area contributed by atoms with Crippen molar-refractivity contribution in [2.24, 2.45) is 16.6 Å². The molecule has 2 heterocycles. The van der Waals surface area contributed by atoms with Gasteiger partial charge in [-0.05, 0) is 60.6 Å². The first-order chi connectivity index (χ1) is 29.7. The number of nitrogens with two attached hydrogens (primary N) is 1. The van der Waals surface area contributed by atoms with Crippen molar-refractivity contribution < 1.29 is 59.3 Å². The number of fused-ring (bicyclic) bond motifs is 1. The molecule has 0 unspecified atom stereocenters. The molecule has 2 N–H and O–H groups in total. The third kappa shape index (κ3) is 13.0. The molecule has 0 radical (unpaired) electrons. The van der Waals surface area contributed by atoms with Gasteiger partial charge >= 0.3 is 5.97 Å². The van der Waals surface area contributed by atoms with Crippen LogP contribution < -0.4 is 10.5 Å². The second-order valence-corrected chi connectivity index (χ2v) is 16.9. The summed E-state index contributed by atoms with van der Waals surface area (Å²) in [6.07, 6.45) is 4.39. The van der Waals surface area contributed by atoms with Gasteiger partial charge in [0, 0.05) is 62.6 Å². The second kappa shape index (κ2) is 22.9. The quantitative estimate of drug-likeness (QED) is 0.0335. The summed E-state index contributed by atoms with van der Waals surface area (Å²) >= 11 is 0. The zero-order chi connectivity index (χ0) is 44.8. The fourth-order valence-electron chi connectivity index (χ4n) is 6.83. The average Bonchev–Trinajstić information content (AvgIpc) is 3.40. The van der Waals surface area contributed by atoms with Crippen LogP contribution in [0.25, 0.3) is 17.2 Å². The molecule has 336 valence electrons. The SMILES string of the molecule is CCCN(CCC)C(=O)C1=Cc2ccc(-c3cccc(S(=O)(=O)N4CC(CCC(=O)CCOCCOCCOCCC(=O)Oc5c(F)c(F)cc(F)c5F)C4)c3)cc2N=C(N)C1. The topological polar surface area (TPSA) is 167 Å². The number of halogens is 4. The number of sulfonamides is 1. The number of ketones is 1. The minimum absolute atomic E-state index is 0.0000187. The molecular formula is C44H52F4N4O9S. The van der Waals surface area contributed by atoms with Crippen molar-refractivity contribution in [2.45, 2.75) is 63.7 Å². The number of amidine groups is 1. The molecule has 0 atom stereocenters. The maximum absolute atomic E-state index is 13.6. The average molecular weight is 889 g/mol. The van der Waals surface area contributed by atoms with Crippen LogP contribution in [0.5, 0.6) is 5.75 Å². The van der Waals surface area contributed by atoms with E-state index in [-0.39, 0.29) is 81.1 Å². The Hall–Kier alpha value is -5.01. The van der Waals surface area contributed by atoms with Gasteiger partial charge in [0.2, 0.25) is 33.3 Å². The summed E-state index contributed by atoms with van der Waals surface area (Å²) in [6.45, 7) is 6.63. The molecule has 62 heavy (non-hydrogen) atoms. The van der Waals surface area contributed by atoms with Crippen LogP contribution in [0.1, 0.15) is 64.4 Å². The molecule has 3 aromatic carbocycles. The zero-order valence-electron chi connectivity index (χ0n) is 34.8. The number of aliphatic imine (C=N–C) groups is 1. The van der Waals surface area contributed by atoms with Crippen molar-refractivity contribution in [3.63, 3.8) is 0 Å². The summed E-state index contributed by atoms with van der Waals surface area (Å²) in [6, 6.07) is 12.3. The molecule has 2 aliphatic rings. The van der Waals surface area contributed by atoms with Crippen LogP contribution in [0.4, 0.5) is 23.2 Å². The fraction of sp³-hybridized carbons (Fsp3) is 0.455. The van der Waals surface area contributed by atoms with E-state index in [2.05, 4.69) is 9.73 Å². The summed E-state index contributed by atoms with van der Waals surface area (Å²) in [5.74, 6) is -9.31. The van der Waals surface area contributed by atoms with E-state index in [1.165, 1.54) is 4.31 Å². The lowest BCUT2D eigenvalue weighted by atomic mass is 9.95. The van der Waals surface area contributed by atoms with Crippen LogP contribution in [0.2, 0.25) is 0 Å². The maximum atomic E-state index is 13.6.